The van der Waals surface area contributed by atoms with E-state index in [1.807, 2.05) is 17.0 Å². The number of nitrogens with zero attached hydrogens (tertiary/aromatic N) is 2. The van der Waals surface area contributed by atoms with Crippen LogP contribution >= 0.6 is 0 Å². The molecule has 5 rings (SSSR count). The predicted molar refractivity (Wildman–Crippen MR) is 95.7 cm³/mol. The lowest BCUT2D eigenvalue weighted by Gasteiger charge is -2.50. The van der Waals surface area contributed by atoms with E-state index in [-0.39, 0.29) is 18.1 Å². The molecule has 4 saturated heterocycles. The highest BCUT2D eigenvalue weighted by Crippen LogP contribution is 2.47. The molecular weight excluding hydrogens is 316 g/mol. The average molecular weight is 344 g/mol. The van der Waals surface area contributed by atoms with E-state index in [1.54, 1.807) is 6.07 Å². The molecule has 2 bridgehead atoms. The molecule has 0 radical (unpaired) electrons. The van der Waals surface area contributed by atoms with E-state index in [1.165, 1.54) is 12.8 Å². The molecule has 4 aliphatic heterocycles. The summed E-state index contributed by atoms with van der Waals surface area (Å²) in [7, 11) is 0. The second-order valence-electron chi connectivity index (χ2n) is 7.68. The Bertz CT molecular complexity index is 627. The van der Waals surface area contributed by atoms with E-state index < -0.39 is 0 Å². The van der Waals surface area contributed by atoms with Crippen molar-refractivity contribution in [1.29, 1.82) is 0 Å². The first-order valence-electron chi connectivity index (χ1n) is 9.65. The van der Waals surface area contributed by atoms with Crippen molar-refractivity contribution in [3.63, 3.8) is 0 Å². The maximum atomic E-state index is 12.7. The zero-order valence-corrected chi connectivity index (χ0v) is 14.9. The maximum Gasteiger partial charge on any atom is 0.410 e. The fourth-order valence-electron chi connectivity index (χ4n) is 5.07. The van der Waals surface area contributed by atoms with Gasteiger partial charge >= 0.3 is 6.09 Å². The Balaban J connectivity index is 1.60. The number of phenols is 1. The van der Waals surface area contributed by atoms with Crippen LogP contribution in [0, 0.1) is 5.92 Å². The van der Waals surface area contributed by atoms with Crippen LogP contribution in [-0.2, 0) is 4.74 Å². The van der Waals surface area contributed by atoms with Crippen LogP contribution < -0.4 is 0 Å². The number of carbonyl (C=O) groups is 1. The molecule has 1 N–H and O–H groups in total. The number of fused-ring (bicyclic) bond motifs is 2. The summed E-state index contributed by atoms with van der Waals surface area (Å²) in [6, 6.07) is 8.16. The third kappa shape index (κ3) is 2.99. The number of aromatic hydroxyl groups is 1. The van der Waals surface area contributed by atoms with Crippen LogP contribution in [0.4, 0.5) is 4.79 Å². The number of ether oxygens (including phenoxy) is 1. The molecule has 5 heteroatoms. The lowest BCUT2D eigenvalue weighted by atomic mass is 9.75. The Morgan fingerprint density at radius 3 is 2.80 bits per heavy atom. The molecule has 4 heterocycles. The minimum atomic E-state index is -0.153. The van der Waals surface area contributed by atoms with Gasteiger partial charge in [0.1, 0.15) is 5.75 Å². The summed E-state index contributed by atoms with van der Waals surface area (Å²) in [6.45, 7) is 5.55. The first-order valence-corrected chi connectivity index (χ1v) is 9.65. The van der Waals surface area contributed by atoms with Gasteiger partial charge < -0.3 is 14.7 Å². The first-order chi connectivity index (χ1) is 12.2. The van der Waals surface area contributed by atoms with E-state index >= 15 is 0 Å². The minimum absolute atomic E-state index is 0.153. The molecule has 0 saturated carbocycles. The molecule has 25 heavy (non-hydrogen) atoms. The van der Waals surface area contributed by atoms with Crippen LogP contribution in [0.15, 0.2) is 24.3 Å². The number of benzene rings is 1. The van der Waals surface area contributed by atoms with Gasteiger partial charge in [-0.15, -0.1) is 0 Å². The molecule has 5 nitrogen and oxygen atoms in total. The van der Waals surface area contributed by atoms with Gasteiger partial charge in [-0.3, -0.25) is 4.90 Å². The van der Waals surface area contributed by atoms with Gasteiger partial charge in [-0.25, -0.2) is 4.79 Å². The Morgan fingerprint density at radius 2 is 2.08 bits per heavy atom. The molecule has 136 valence electrons. The third-order valence-electron chi connectivity index (χ3n) is 6.25. The van der Waals surface area contributed by atoms with Crippen LogP contribution in [0.2, 0.25) is 0 Å². The number of piperidine rings is 3. The SMILES string of the molecule is CCCCOC(=O)N1C[C@@H](c2cccc(O)c2)[C@@H]2[C@H]1C1CCN2CC1. The van der Waals surface area contributed by atoms with Crippen molar-refractivity contribution in [2.24, 2.45) is 5.92 Å². The monoisotopic (exact) mass is 344 g/mol. The fourth-order valence-corrected chi connectivity index (χ4v) is 5.07. The van der Waals surface area contributed by atoms with E-state index in [4.69, 9.17) is 4.74 Å². The number of phenolic OH excluding ortho intramolecular Hbond substituents is 1. The van der Waals surface area contributed by atoms with E-state index in [2.05, 4.69) is 17.9 Å². The number of carbonyl (C=O) groups excluding carboxylic acids is 1. The molecule has 0 aromatic heterocycles. The average Bonchev–Trinajstić information content (AvgIpc) is 3.06. The summed E-state index contributed by atoms with van der Waals surface area (Å²) in [5.74, 6) is 1.13. The second kappa shape index (κ2) is 6.87. The summed E-state index contributed by atoms with van der Waals surface area (Å²) in [5.41, 5.74) is 1.13. The molecule has 0 aliphatic carbocycles. The lowest BCUT2D eigenvalue weighted by molar-refractivity contribution is -0.00757. The molecule has 1 aromatic rings. The van der Waals surface area contributed by atoms with Crippen LogP contribution in [0.3, 0.4) is 0 Å². The van der Waals surface area contributed by atoms with Gasteiger partial charge in [0.2, 0.25) is 0 Å². The van der Waals surface area contributed by atoms with Crippen molar-refractivity contribution in [1.82, 2.24) is 9.80 Å². The molecule has 4 aliphatic rings. The highest BCUT2D eigenvalue weighted by Gasteiger charge is 2.55. The van der Waals surface area contributed by atoms with Crippen molar-refractivity contribution >= 4 is 6.09 Å². The van der Waals surface area contributed by atoms with Gasteiger partial charge in [0, 0.05) is 18.5 Å². The van der Waals surface area contributed by atoms with Gasteiger partial charge in [-0.05, 0) is 56.0 Å². The molecule has 3 atom stereocenters. The van der Waals surface area contributed by atoms with Crippen LogP contribution in [0.1, 0.15) is 44.1 Å². The smallest absolute Gasteiger partial charge is 0.410 e. The zero-order chi connectivity index (χ0) is 17.4. The summed E-state index contributed by atoms with van der Waals surface area (Å²) in [5, 5.41) is 9.90. The number of rotatable bonds is 4. The van der Waals surface area contributed by atoms with Crippen molar-refractivity contribution in [3.8, 4) is 5.75 Å². The minimum Gasteiger partial charge on any atom is -0.508 e. The third-order valence-corrected chi connectivity index (χ3v) is 6.25. The summed E-state index contributed by atoms with van der Waals surface area (Å²) in [4.78, 5) is 17.3. The molecule has 1 amide bonds. The topological polar surface area (TPSA) is 53.0 Å². The van der Waals surface area contributed by atoms with Crippen LogP contribution in [-0.4, -0.2) is 59.3 Å². The van der Waals surface area contributed by atoms with Crippen molar-refractivity contribution in [3.05, 3.63) is 29.8 Å². The van der Waals surface area contributed by atoms with E-state index in [0.717, 1.165) is 31.5 Å². The van der Waals surface area contributed by atoms with E-state index in [0.29, 0.717) is 30.9 Å². The quantitative estimate of drug-likeness (QED) is 0.852. The van der Waals surface area contributed by atoms with Gasteiger partial charge in [-0.2, -0.15) is 0 Å². The van der Waals surface area contributed by atoms with Gasteiger partial charge in [-0.1, -0.05) is 25.5 Å². The maximum absolute atomic E-state index is 12.7. The number of hydrogen-bond acceptors (Lipinski definition) is 4. The Morgan fingerprint density at radius 1 is 1.28 bits per heavy atom. The zero-order valence-electron chi connectivity index (χ0n) is 14.9. The Hall–Kier alpha value is -1.75. The highest BCUT2D eigenvalue weighted by molar-refractivity contribution is 5.69. The Kier molecular flexibility index (Phi) is 4.59. The van der Waals surface area contributed by atoms with Crippen molar-refractivity contribution in [2.75, 3.05) is 26.2 Å². The Labute approximate surface area is 149 Å². The molecule has 0 spiro atoms. The van der Waals surface area contributed by atoms with Gasteiger partial charge in [0.25, 0.3) is 0 Å². The van der Waals surface area contributed by atoms with Crippen LogP contribution in [0.5, 0.6) is 5.75 Å². The van der Waals surface area contributed by atoms with Gasteiger partial charge in [0.15, 0.2) is 0 Å². The number of likely N-dealkylation sites (tertiary alicyclic amines) is 1. The first kappa shape index (κ1) is 16.7. The molecular formula is C20H28N2O3. The molecule has 1 aromatic carbocycles. The lowest BCUT2D eigenvalue weighted by Crippen LogP contribution is -2.60. The van der Waals surface area contributed by atoms with Crippen LogP contribution in [0.25, 0.3) is 0 Å². The normalized spacial score (nSPS) is 33.3. The predicted octanol–water partition coefficient (Wildman–Crippen LogP) is 3.19. The number of hydrogen-bond donors (Lipinski definition) is 1. The standard InChI is InChI=1S/C20H28N2O3/c1-2-3-11-25-20(24)22-13-17(15-5-4-6-16(23)12-15)19-18(22)14-7-9-21(19)10-8-14/h4-6,12,14,17-19,23H,2-3,7-11,13H2,1H3/t17-,18+,19+/m0/s1. The highest BCUT2D eigenvalue weighted by atomic mass is 16.6. The molecule has 0 unspecified atom stereocenters. The molecule has 4 fully saturated rings. The summed E-state index contributed by atoms with van der Waals surface area (Å²) < 4.78 is 5.55. The fraction of sp³-hybridized carbons (Fsp3) is 0.650. The number of unbranched alkanes of at least 4 members (excludes halogenated alkanes) is 1. The van der Waals surface area contributed by atoms with Crippen molar-refractivity contribution in [2.45, 2.75) is 50.6 Å². The largest absolute Gasteiger partial charge is 0.508 e. The number of amides is 1. The van der Waals surface area contributed by atoms with Crippen molar-refractivity contribution < 1.29 is 14.6 Å². The van der Waals surface area contributed by atoms with Gasteiger partial charge in [0.05, 0.1) is 12.6 Å². The second-order valence-corrected chi connectivity index (χ2v) is 7.68. The van der Waals surface area contributed by atoms with E-state index in [9.17, 15) is 9.90 Å². The summed E-state index contributed by atoms with van der Waals surface area (Å²) in [6.07, 6.45) is 4.14. The summed E-state index contributed by atoms with van der Waals surface area (Å²) >= 11 is 0.